The second-order valence-electron chi connectivity index (χ2n) is 7.32. The highest BCUT2D eigenvalue weighted by Gasteiger charge is 2.52. The number of likely N-dealkylation sites (tertiary alicyclic amines) is 1. The summed E-state index contributed by atoms with van der Waals surface area (Å²) in [5.41, 5.74) is -0.155. The maximum Gasteiger partial charge on any atom is 0.522 e. The molecule has 0 N–H and O–H groups in total. The van der Waals surface area contributed by atoms with Gasteiger partial charge in [-0.15, -0.1) is 13.2 Å². The van der Waals surface area contributed by atoms with E-state index in [-0.39, 0.29) is 37.6 Å². The van der Waals surface area contributed by atoms with Crippen LogP contribution >= 0.6 is 0 Å². The van der Waals surface area contributed by atoms with E-state index in [2.05, 4.69) is 14.7 Å². The van der Waals surface area contributed by atoms with Gasteiger partial charge < -0.3 is 19.1 Å². The summed E-state index contributed by atoms with van der Waals surface area (Å²) in [4.78, 5) is 23.1. The Labute approximate surface area is 185 Å². The minimum Gasteiger partial charge on any atom is -0.489 e. The average Bonchev–Trinajstić information content (AvgIpc) is 3.07. The lowest BCUT2D eigenvalue weighted by Gasteiger charge is -2.41. The van der Waals surface area contributed by atoms with E-state index in [1.165, 1.54) is 17.0 Å². The number of alkyl halides is 3. The van der Waals surface area contributed by atoms with Crippen molar-refractivity contribution in [2.75, 3.05) is 33.0 Å². The molecule has 4 rings (SSSR count). The molecule has 2 aliphatic heterocycles. The van der Waals surface area contributed by atoms with E-state index in [1.54, 1.807) is 31.3 Å². The molecule has 2 atom stereocenters. The van der Waals surface area contributed by atoms with Crippen LogP contribution < -0.4 is 4.74 Å². The van der Waals surface area contributed by atoms with Gasteiger partial charge in [0, 0.05) is 19.2 Å². The molecule has 2 fully saturated rings. The third kappa shape index (κ3) is 4.69. The van der Waals surface area contributed by atoms with Crippen LogP contribution in [0.25, 0.3) is 0 Å². The van der Waals surface area contributed by atoms with E-state index in [0.29, 0.717) is 11.4 Å². The number of carbonyl (C=O) groups excluding carboxylic acids is 1. The lowest BCUT2D eigenvalue weighted by Crippen LogP contribution is -2.54. The predicted molar refractivity (Wildman–Crippen MR) is 104 cm³/mol. The Balaban J connectivity index is 1.44. The third-order valence-corrected chi connectivity index (χ3v) is 5.32. The molecule has 172 valence electrons. The zero-order valence-electron chi connectivity index (χ0n) is 19.1. The van der Waals surface area contributed by atoms with Crippen molar-refractivity contribution in [1.82, 2.24) is 14.9 Å². The fraction of sp³-hybridized carbons (Fsp3) is 0.476. The molecule has 2 saturated heterocycles. The summed E-state index contributed by atoms with van der Waals surface area (Å²) in [5.74, 6) is -0.170. The maximum atomic E-state index is 13.1. The van der Waals surface area contributed by atoms with E-state index in [0.717, 1.165) is 0 Å². The first-order valence-electron chi connectivity index (χ1n) is 10.9. The molecule has 0 aromatic carbocycles. The summed E-state index contributed by atoms with van der Waals surface area (Å²) >= 11 is 0. The van der Waals surface area contributed by atoms with Crippen LogP contribution in [-0.4, -0.2) is 66.3 Å². The Hall–Kier alpha value is -2.76. The molecule has 11 heteroatoms. The van der Waals surface area contributed by atoms with Crippen molar-refractivity contribution in [1.29, 1.82) is 0 Å². The standard InChI is InChI=1S/C21H22F3N3O5/c1-14-16(29-10-11-31-21(22,23)24)6-5-15(26-14)19(28)27-9-7-20(17-4-2-3-8-25-17)18(12-27)30-13-32-20/h2-6,8,18H,7,9-13H2,1H3/t18-,20-/m1/s1/i13D2. The monoisotopic (exact) mass is 455 g/mol. The van der Waals surface area contributed by atoms with Crippen molar-refractivity contribution in [3.8, 4) is 5.75 Å². The Morgan fingerprint density at radius 3 is 2.91 bits per heavy atom. The van der Waals surface area contributed by atoms with Gasteiger partial charge in [0.1, 0.15) is 36.5 Å². The first-order chi connectivity index (χ1) is 16.0. The van der Waals surface area contributed by atoms with Crippen LogP contribution in [0.4, 0.5) is 13.2 Å². The third-order valence-electron chi connectivity index (χ3n) is 5.32. The van der Waals surface area contributed by atoms with Crippen molar-refractivity contribution in [3.05, 3.63) is 53.6 Å². The van der Waals surface area contributed by atoms with Gasteiger partial charge in [-0.25, -0.2) is 4.98 Å². The SMILES string of the molecule is [2H]C1([2H])O[C@@H]2CN(C(=O)c3ccc(OCCOC(F)(F)F)c(C)n3)CC[C@]2(c2ccccn2)O1. The number of carbonyl (C=O) groups is 1. The highest BCUT2D eigenvalue weighted by atomic mass is 19.4. The van der Waals surface area contributed by atoms with Crippen LogP contribution in [0.5, 0.6) is 5.75 Å². The molecule has 1 amide bonds. The molecule has 0 bridgehead atoms. The average molecular weight is 455 g/mol. The van der Waals surface area contributed by atoms with Crippen LogP contribution in [0.15, 0.2) is 36.5 Å². The second-order valence-corrected chi connectivity index (χ2v) is 7.32. The zero-order valence-corrected chi connectivity index (χ0v) is 17.1. The van der Waals surface area contributed by atoms with Crippen molar-refractivity contribution < 1.29 is 39.7 Å². The molecule has 0 unspecified atom stereocenters. The van der Waals surface area contributed by atoms with Gasteiger partial charge in [-0.3, -0.25) is 14.5 Å². The minimum atomic E-state index is -4.73. The van der Waals surface area contributed by atoms with Gasteiger partial charge >= 0.3 is 6.36 Å². The quantitative estimate of drug-likeness (QED) is 0.620. The summed E-state index contributed by atoms with van der Waals surface area (Å²) in [6, 6.07) is 8.12. The molecule has 2 aromatic rings. The number of hydrogen-bond donors (Lipinski definition) is 0. The number of amides is 1. The number of piperidine rings is 1. The molecule has 4 heterocycles. The van der Waals surface area contributed by atoms with Crippen LogP contribution in [0.1, 0.15) is 31.0 Å². The van der Waals surface area contributed by atoms with Crippen molar-refractivity contribution >= 4 is 5.91 Å². The summed E-state index contributed by atoms with van der Waals surface area (Å²) in [6.45, 7) is -1.46. The van der Waals surface area contributed by atoms with Gasteiger partial charge in [0.15, 0.2) is 0 Å². The number of aryl methyl sites for hydroxylation is 1. The Morgan fingerprint density at radius 1 is 1.34 bits per heavy atom. The van der Waals surface area contributed by atoms with Crippen molar-refractivity contribution in [3.63, 3.8) is 0 Å². The number of ether oxygens (including phenoxy) is 4. The summed E-state index contributed by atoms with van der Waals surface area (Å²) in [6.07, 6.45) is -3.67. The van der Waals surface area contributed by atoms with E-state index >= 15 is 0 Å². The number of nitrogens with zero attached hydrogens (tertiary/aromatic N) is 3. The first-order valence-corrected chi connectivity index (χ1v) is 9.89. The molecule has 0 aliphatic carbocycles. The van der Waals surface area contributed by atoms with Gasteiger partial charge in [0.2, 0.25) is 0 Å². The number of fused-ring (bicyclic) bond motifs is 1. The molecule has 0 saturated carbocycles. The molecule has 2 aromatic heterocycles. The Morgan fingerprint density at radius 2 is 2.19 bits per heavy atom. The van der Waals surface area contributed by atoms with Gasteiger partial charge in [0.25, 0.3) is 5.91 Å². The molecular weight excluding hydrogens is 431 g/mol. The molecular formula is C21H22F3N3O5. The minimum absolute atomic E-state index is 0.0582. The second kappa shape index (κ2) is 9.00. The van der Waals surface area contributed by atoms with Gasteiger partial charge in [-0.05, 0) is 31.2 Å². The number of halogens is 3. The van der Waals surface area contributed by atoms with E-state index in [9.17, 15) is 18.0 Å². The molecule has 8 nitrogen and oxygen atoms in total. The number of rotatable bonds is 6. The Kier molecular flexibility index (Phi) is 5.60. The molecule has 32 heavy (non-hydrogen) atoms. The van der Waals surface area contributed by atoms with Gasteiger partial charge in [-0.1, -0.05) is 6.07 Å². The number of aromatic nitrogens is 2. The lowest BCUT2D eigenvalue weighted by atomic mass is 9.85. The van der Waals surface area contributed by atoms with Crippen LogP contribution in [0, 0.1) is 6.92 Å². The highest BCUT2D eigenvalue weighted by molar-refractivity contribution is 5.92. The fourth-order valence-electron chi connectivity index (χ4n) is 3.74. The van der Waals surface area contributed by atoms with Crippen molar-refractivity contribution in [2.24, 2.45) is 0 Å². The lowest BCUT2D eigenvalue weighted by molar-refractivity contribution is -0.325. The van der Waals surface area contributed by atoms with Crippen molar-refractivity contribution in [2.45, 2.75) is 31.4 Å². The van der Waals surface area contributed by atoms with E-state index in [4.69, 9.17) is 17.0 Å². The van der Waals surface area contributed by atoms with Crippen LogP contribution in [-0.2, 0) is 19.8 Å². The van der Waals surface area contributed by atoms with E-state index < -0.39 is 37.3 Å². The first kappa shape index (κ1) is 19.9. The summed E-state index contributed by atoms with van der Waals surface area (Å²) in [5, 5.41) is 0. The number of hydrogen-bond acceptors (Lipinski definition) is 7. The van der Waals surface area contributed by atoms with E-state index in [1.807, 2.05) is 0 Å². The molecule has 0 radical (unpaired) electrons. The highest BCUT2D eigenvalue weighted by Crippen LogP contribution is 2.41. The fourth-order valence-corrected chi connectivity index (χ4v) is 3.74. The maximum absolute atomic E-state index is 13.1. The van der Waals surface area contributed by atoms with Crippen LogP contribution in [0.3, 0.4) is 0 Å². The molecule has 2 aliphatic rings. The topological polar surface area (TPSA) is 83.0 Å². The van der Waals surface area contributed by atoms with Gasteiger partial charge in [-0.2, -0.15) is 0 Å². The predicted octanol–water partition coefficient (Wildman–Crippen LogP) is 2.81. The summed E-state index contributed by atoms with van der Waals surface area (Å²) in [7, 11) is 0. The zero-order chi connectivity index (χ0) is 24.6. The van der Waals surface area contributed by atoms with Crippen LogP contribution in [0.2, 0.25) is 0 Å². The largest absolute Gasteiger partial charge is 0.522 e. The smallest absolute Gasteiger partial charge is 0.489 e. The normalized spacial score (nSPS) is 25.6. The molecule has 0 spiro atoms. The van der Waals surface area contributed by atoms with Gasteiger partial charge in [0.05, 0.1) is 27.3 Å². The summed E-state index contributed by atoms with van der Waals surface area (Å²) < 4.78 is 72.1. The Bertz CT molecular complexity index is 1040. The number of pyridine rings is 2.